The number of amides is 1. The number of ether oxygens (including phenoxy) is 1. The van der Waals surface area contributed by atoms with Crippen LogP contribution in [0.1, 0.15) is 23.7 Å². The summed E-state index contributed by atoms with van der Waals surface area (Å²) in [5.74, 6) is -0.496. The van der Waals surface area contributed by atoms with Crippen molar-refractivity contribution in [1.29, 1.82) is 0 Å². The lowest BCUT2D eigenvalue weighted by atomic mass is 10.2. The molecule has 0 bridgehead atoms. The van der Waals surface area contributed by atoms with E-state index in [2.05, 4.69) is 10.3 Å². The van der Waals surface area contributed by atoms with Gasteiger partial charge in [-0.2, -0.15) is 0 Å². The Balaban J connectivity index is 2.81. The van der Waals surface area contributed by atoms with E-state index in [0.717, 1.165) is 12.3 Å². The molecule has 0 radical (unpaired) electrons. The highest BCUT2D eigenvalue weighted by molar-refractivity contribution is 6.32. The van der Waals surface area contributed by atoms with Crippen molar-refractivity contribution >= 4 is 23.2 Å². The maximum Gasteiger partial charge on any atom is 0.288 e. The molecule has 8 heteroatoms. The predicted molar refractivity (Wildman–Crippen MR) is 69.3 cm³/mol. The molecule has 0 aromatic carbocycles. The monoisotopic (exact) mass is 287 g/mol. The highest BCUT2D eigenvalue weighted by Crippen LogP contribution is 2.19. The molecule has 0 fully saturated rings. The quantitative estimate of drug-likeness (QED) is 0.489. The number of rotatable bonds is 6. The summed E-state index contributed by atoms with van der Waals surface area (Å²) in [6, 6.07) is 0.969. The third kappa shape index (κ3) is 4.46. The number of hydrogen-bond donors (Lipinski definition) is 1. The van der Waals surface area contributed by atoms with Crippen LogP contribution in [0.2, 0.25) is 5.15 Å². The molecule has 1 amide bonds. The van der Waals surface area contributed by atoms with Crippen LogP contribution in [0.3, 0.4) is 0 Å². The van der Waals surface area contributed by atoms with Crippen LogP contribution < -0.4 is 5.32 Å². The van der Waals surface area contributed by atoms with Crippen molar-refractivity contribution in [3.63, 3.8) is 0 Å². The van der Waals surface area contributed by atoms with E-state index in [1.54, 1.807) is 14.0 Å². The lowest BCUT2D eigenvalue weighted by Crippen LogP contribution is -2.33. The highest BCUT2D eigenvalue weighted by Gasteiger charge is 2.18. The normalized spacial score (nSPS) is 11.9. The molecule has 19 heavy (non-hydrogen) atoms. The van der Waals surface area contributed by atoms with Crippen LogP contribution in [0.15, 0.2) is 12.3 Å². The topological polar surface area (TPSA) is 94.4 Å². The van der Waals surface area contributed by atoms with Gasteiger partial charge in [0.25, 0.3) is 11.6 Å². The molecule has 1 atom stereocenters. The van der Waals surface area contributed by atoms with Gasteiger partial charge >= 0.3 is 0 Å². The number of aromatic nitrogens is 1. The summed E-state index contributed by atoms with van der Waals surface area (Å²) in [4.78, 5) is 25.5. The molecule has 0 spiro atoms. The van der Waals surface area contributed by atoms with Crippen LogP contribution in [0, 0.1) is 10.1 Å². The molecule has 104 valence electrons. The Morgan fingerprint density at radius 2 is 2.37 bits per heavy atom. The Labute approximate surface area is 115 Å². The smallest absolute Gasteiger partial charge is 0.288 e. The van der Waals surface area contributed by atoms with Gasteiger partial charge in [-0.25, -0.2) is 4.98 Å². The maximum absolute atomic E-state index is 11.9. The Hall–Kier alpha value is -1.73. The molecule has 0 saturated carbocycles. The molecule has 1 aromatic heterocycles. The predicted octanol–water partition coefficient (Wildman–Crippen LogP) is 1.80. The Kier molecular flexibility index (Phi) is 5.65. The fraction of sp³-hybridized carbons (Fsp3) is 0.455. The molecule has 1 unspecified atom stereocenters. The lowest BCUT2D eigenvalue weighted by Gasteiger charge is -2.13. The number of carbonyl (C=O) groups is 1. The van der Waals surface area contributed by atoms with Crippen molar-refractivity contribution in [2.24, 2.45) is 0 Å². The van der Waals surface area contributed by atoms with Crippen LogP contribution in [0.25, 0.3) is 0 Å². The number of hydrogen-bond acceptors (Lipinski definition) is 5. The van der Waals surface area contributed by atoms with E-state index in [1.165, 1.54) is 0 Å². The highest BCUT2D eigenvalue weighted by atomic mass is 35.5. The van der Waals surface area contributed by atoms with Crippen molar-refractivity contribution in [3.8, 4) is 0 Å². The molecular formula is C11H14ClN3O4. The number of nitrogens with zero attached hydrogens (tertiary/aromatic N) is 2. The molecule has 0 saturated heterocycles. The maximum atomic E-state index is 11.9. The van der Waals surface area contributed by atoms with Crippen LogP contribution in [-0.4, -0.2) is 35.6 Å². The second kappa shape index (κ2) is 7.01. The largest absolute Gasteiger partial charge is 0.385 e. The van der Waals surface area contributed by atoms with E-state index in [-0.39, 0.29) is 22.4 Å². The van der Waals surface area contributed by atoms with Gasteiger partial charge in [-0.1, -0.05) is 11.6 Å². The van der Waals surface area contributed by atoms with E-state index >= 15 is 0 Å². The summed E-state index contributed by atoms with van der Waals surface area (Å²) >= 11 is 5.76. The molecule has 1 aromatic rings. The zero-order chi connectivity index (χ0) is 14.4. The van der Waals surface area contributed by atoms with Crippen LogP contribution >= 0.6 is 11.6 Å². The second-order valence-corrected chi connectivity index (χ2v) is 4.30. The first kappa shape index (κ1) is 15.3. The van der Waals surface area contributed by atoms with Gasteiger partial charge in [-0.3, -0.25) is 14.9 Å². The average Bonchev–Trinajstić information content (AvgIpc) is 2.36. The van der Waals surface area contributed by atoms with Crippen LogP contribution in [0.4, 0.5) is 5.69 Å². The summed E-state index contributed by atoms with van der Waals surface area (Å²) in [6.07, 6.45) is 1.63. The zero-order valence-corrected chi connectivity index (χ0v) is 11.3. The van der Waals surface area contributed by atoms with Crippen molar-refractivity contribution in [3.05, 3.63) is 33.1 Å². The van der Waals surface area contributed by atoms with E-state index < -0.39 is 10.8 Å². The van der Waals surface area contributed by atoms with E-state index in [4.69, 9.17) is 16.3 Å². The standard InChI is InChI=1S/C11H14ClN3O4/c1-7(3-4-19-2)14-11(16)9-5-8(15(17)18)6-13-10(9)12/h5-7H,3-4H2,1-2H3,(H,14,16). The third-order valence-corrected chi connectivity index (χ3v) is 2.71. The van der Waals surface area contributed by atoms with Crippen LogP contribution in [-0.2, 0) is 4.74 Å². The SMILES string of the molecule is COCCC(C)NC(=O)c1cc([N+](=O)[O-])cnc1Cl. The fourth-order valence-corrected chi connectivity index (χ4v) is 1.55. The van der Waals surface area contributed by atoms with Crippen molar-refractivity contribution < 1.29 is 14.5 Å². The number of methoxy groups -OCH3 is 1. The number of pyridine rings is 1. The molecule has 7 nitrogen and oxygen atoms in total. The van der Waals surface area contributed by atoms with Gasteiger partial charge in [0.1, 0.15) is 11.3 Å². The van der Waals surface area contributed by atoms with Crippen molar-refractivity contribution in [2.75, 3.05) is 13.7 Å². The molecule has 1 rings (SSSR count). The number of nitro groups is 1. The van der Waals surface area contributed by atoms with E-state index in [9.17, 15) is 14.9 Å². The van der Waals surface area contributed by atoms with E-state index in [1.807, 2.05) is 0 Å². The summed E-state index contributed by atoms with van der Waals surface area (Å²) in [5, 5.41) is 13.2. The molecule has 0 aliphatic carbocycles. The second-order valence-electron chi connectivity index (χ2n) is 3.94. The van der Waals surface area contributed by atoms with Gasteiger partial charge in [0.05, 0.1) is 10.5 Å². The minimum Gasteiger partial charge on any atom is -0.385 e. The Bertz CT molecular complexity index is 481. The number of nitrogens with one attached hydrogen (secondary N) is 1. The molecular weight excluding hydrogens is 274 g/mol. The zero-order valence-electron chi connectivity index (χ0n) is 10.6. The van der Waals surface area contributed by atoms with Gasteiger partial charge in [-0.15, -0.1) is 0 Å². The average molecular weight is 288 g/mol. The Morgan fingerprint density at radius 1 is 1.68 bits per heavy atom. The first-order chi connectivity index (χ1) is 8.95. The molecule has 1 N–H and O–H groups in total. The lowest BCUT2D eigenvalue weighted by molar-refractivity contribution is -0.385. The number of carbonyl (C=O) groups excluding carboxylic acids is 1. The van der Waals surface area contributed by atoms with Gasteiger partial charge in [0, 0.05) is 25.8 Å². The third-order valence-electron chi connectivity index (χ3n) is 2.41. The summed E-state index contributed by atoms with van der Waals surface area (Å²) in [5.41, 5.74) is -0.292. The molecule has 0 aliphatic rings. The summed E-state index contributed by atoms with van der Waals surface area (Å²) < 4.78 is 4.90. The van der Waals surface area contributed by atoms with Crippen LogP contribution in [0.5, 0.6) is 0 Å². The van der Waals surface area contributed by atoms with Crippen molar-refractivity contribution in [1.82, 2.24) is 10.3 Å². The number of halogens is 1. The van der Waals surface area contributed by atoms with E-state index in [0.29, 0.717) is 13.0 Å². The summed E-state index contributed by atoms with van der Waals surface area (Å²) in [6.45, 7) is 2.30. The van der Waals surface area contributed by atoms with Crippen molar-refractivity contribution in [2.45, 2.75) is 19.4 Å². The molecule has 0 aliphatic heterocycles. The fourth-order valence-electron chi connectivity index (χ4n) is 1.36. The Morgan fingerprint density at radius 3 is 2.95 bits per heavy atom. The van der Waals surface area contributed by atoms with Gasteiger partial charge < -0.3 is 10.1 Å². The van der Waals surface area contributed by atoms with Gasteiger partial charge in [-0.05, 0) is 13.3 Å². The molecule has 1 heterocycles. The van der Waals surface area contributed by atoms with Gasteiger partial charge in [0.15, 0.2) is 0 Å². The van der Waals surface area contributed by atoms with Gasteiger partial charge in [0.2, 0.25) is 0 Å². The minimum absolute atomic E-state index is 0.0138. The summed E-state index contributed by atoms with van der Waals surface area (Å²) in [7, 11) is 1.57. The minimum atomic E-state index is -0.630. The first-order valence-corrected chi connectivity index (χ1v) is 5.93. The first-order valence-electron chi connectivity index (χ1n) is 5.55.